The molecule has 17 heavy (non-hydrogen) atoms. The second-order valence-electron chi connectivity index (χ2n) is 4.00. The lowest BCUT2D eigenvalue weighted by Crippen LogP contribution is -1.96. The Morgan fingerprint density at radius 2 is 2.12 bits per heavy atom. The van der Waals surface area contributed by atoms with E-state index in [0.29, 0.717) is 0 Å². The minimum absolute atomic E-state index is 0.0859. The first-order valence-corrected chi connectivity index (χ1v) is 5.62. The van der Waals surface area contributed by atoms with Gasteiger partial charge in [0.1, 0.15) is 0 Å². The molecule has 0 atom stereocenters. The molecule has 0 unspecified atom stereocenters. The van der Waals surface area contributed by atoms with Crippen LogP contribution < -0.4 is 0 Å². The Morgan fingerprint density at radius 1 is 1.35 bits per heavy atom. The maximum Gasteiger partial charge on any atom is 0.0949 e. The van der Waals surface area contributed by atoms with Crippen molar-refractivity contribution in [1.29, 1.82) is 0 Å². The van der Waals surface area contributed by atoms with Crippen LogP contribution in [0.1, 0.15) is 18.1 Å². The smallest absolute Gasteiger partial charge is 0.0949 e. The molecular formula is C14H16N2O. The fourth-order valence-corrected chi connectivity index (χ4v) is 1.72. The number of aliphatic hydroxyl groups is 1. The number of allylic oxidation sites excluding steroid dienone is 1. The van der Waals surface area contributed by atoms with Crippen LogP contribution in [0.25, 0.3) is 5.57 Å². The Labute approximate surface area is 101 Å². The third-order valence-electron chi connectivity index (χ3n) is 2.73. The predicted octanol–water partition coefficient (Wildman–Crippen LogP) is 2.33. The molecule has 0 saturated carbocycles. The monoisotopic (exact) mass is 228 g/mol. The van der Waals surface area contributed by atoms with Gasteiger partial charge >= 0.3 is 0 Å². The molecule has 2 aromatic rings. The van der Waals surface area contributed by atoms with Crippen LogP contribution in [0.4, 0.5) is 0 Å². The summed E-state index contributed by atoms with van der Waals surface area (Å²) < 4.78 is 2.03. The molecule has 1 aromatic heterocycles. The minimum atomic E-state index is 0.0859. The van der Waals surface area contributed by atoms with Crippen LogP contribution in [0.2, 0.25) is 0 Å². The van der Waals surface area contributed by atoms with Crippen molar-refractivity contribution in [2.45, 2.75) is 13.5 Å². The van der Waals surface area contributed by atoms with Crippen LogP contribution in [-0.4, -0.2) is 21.3 Å². The fourth-order valence-electron chi connectivity index (χ4n) is 1.72. The summed E-state index contributed by atoms with van der Waals surface area (Å²) in [6.07, 6.45) is 7.35. The Hall–Kier alpha value is -1.87. The van der Waals surface area contributed by atoms with E-state index in [1.807, 2.05) is 30.1 Å². The van der Waals surface area contributed by atoms with Crippen molar-refractivity contribution in [1.82, 2.24) is 9.55 Å². The molecule has 1 aromatic carbocycles. The van der Waals surface area contributed by atoms with E-state index in [2.05, 4.69) is 29.2 Å². The summed E-state index contributed by atoms with van der Waals surface area (Å²) >= 11 is 0. The largest absolute Gasteiger partial charge is 0.392 e. The lowest BCUT2D eigenvalue weighted by atomic mass is 10.1. The minimum Gasteiger partial charge on any atom is -0.392 e. The molecule has 0 fully saturated rings. The zero-order valence-electron chi connectivity index (χ0n) is 9.87. The summed E-state index contributed by atoms with van der Waals surface area (Å²) in [4.78, 5) is 4.01. The van der Waals surface area contributed by atoms with Crippen molar-refractivity contribution in [2.24, 2.45) is 0 Å². The van der Waals surface area contributed by atoms with E-state index < -0.39 is 0 Å². The Morgan fingerprint density at radius 3 is 2.71 bits per heavy atom. The lowest BCUT2D eigenvalue weighted by molar-refractivity contribution is 0.343. The van der Waals surface area contributed by atoms with Gasteiger partial charge in [0, 0.05) is 18.9 Å². The molecule has 0 radical (unpaired) electrons. The van der Waals surface area contributed by atoms with Gasteiger partial charge in [0.05, 0.1) is 12.9 Å². The molecule has 3 nitrogen and oxygen atoms in total. The molecule has 1 heterocycles. The standard InChI is InChI=1S/C14H16N2O/c1-12(6-9-17)14-4-2-13(3-5-14)10-16-8-7-15-11-16/h2-8,11,17H,9-10H2,1H3. The van der Waals surface area contributed by atoms with Crippen LogP contribution in [0.15, 0.2) is 49.1 Å². The molecule has 0 aliphatic heterocycles. The first-order valence-electron chi connectivity index (χ1n) is 5.62. The molecular weight excluding hydrogens is 212 g/mol. The maximum atomic E-state index is 8.84. The van der Waals surface area contributed by atoms with Gasteiger partial charge in [-0.1, -0.05) is 30.3 Å². The number of hydrogen-bond donors (Lipinski definition) is 1. The van der Waals surface area contributed by atoms with Crippen molar-refractivity contribution < 1.29 is 5.11 Å². The summed E-state index contributed by atoms with van der Waals surface area (Å²) in [5.74, 6) is 0. The Bertz CT molecular complexity index is 483. The van der Waals surface area contributed by atoms with Gasteiger partial charge in [0.15, 0.2) is 0 Å². The molecule has 0 spiro atoms. The quantitative estimate of drug-likeness (QED) is 0.872. The first-order chi connectivity index (χ1) is 8.29. The van der Waals surface area contributed by atoms with E-state index in [1.165, 1.54) is 5.56 Å². The molecule has 3 heteroatoms. The predicted molar refractivity (Wildman–Crippen MR) is 68.5 cm³/mol. The number of aliphatic hydroxyl groups excluding tert-OH is 1. The first kappa shape index (κ1) is 11.6. The molecule has 0 aliphatic carbocycles. The van der Waals surface area contributed by atoms with Gasteiger partial charge in [-0.15, -0.1) is 0 Å². The third kappa shape index (κ3) is 3.04. The molecule has 0 bridgehead atoms. The van der Waals surface area contributed by atoms with Crippen LogP contribution in [0.5, 0.6) is 0 Å². The highest BCUT2D eigenvalue weighted by molar-refractivity contribution is 5.63. The molecule has 2 rings (SSSR count). The van der Waals surface area contributed by atoms with E-state index in [9.17, 15) is 0 Å². The SMILES string of the molecule is CC(=CCO)c1ccc(Cn2ccnc2)cc1. The molecule has 0 saturated heterocycles. The zero-order valence-corrected chi connectivity index (χ0v) is 9.87. The summed E-state index contributed by atoms with van der Waals surface area (Å²) in [5, 5.41) is 8.84. The fraction of sp³-hybridized carbons (Fsp3) is 0.214. The van der Waals surface area contributed by atoms with E-state index in [1.54, 1.807) is 6.20 Å². The normalized spacial score (nSPS) is 11.8. The number of aromatic nitrogens is 2. The third-order valence-corrected chi connectivity index (χ3v) is 2.73. The molecule has 88 valence electrons. The van der Waals surface area contributed by atoms with E-state index >= 15 is 0 Å². The summed E-state index contributed by atoms with van der Waals surface area (Å²) in [6, 6.07) is 8.36. The second kappa shape index (κ2) is 5.46. The van der Waals surface area contributed by atoms with Crippen molar-refractivity contribution >= 4 is 5.57 Å². The molecule has 0 aliphatic rings. The Balaban J connectivity index is 2.10. The van der Waals surface area contributed by atoms with E-state index in [-0.39, 0.29) is 6.61 Å². The summed E-state index contributed by atoms with van der Waals surface area (Å²) in [7, 11) is 0. The van der Waals surface area contributed by atoms with Crippen LogP contribution in [0, 0.1) is 0 Å². The van der Waals surface area contributed by atoms with Gasteiger partial charge in [0.25, 0.3) is 0 Å². The summed E-state index contributed by atoms with van der Waals surface area (Å²) in [5.41, 5.74) is 3.48. The average Bonchev–Trinajstić information content (AvgIpc) is 2.83. The van der Waals surface area contributed by atoms with Gasteiger partial charge in [-0.2, -0.15) is 0 Å². The van der Waals surface area contributed by atoms with Crippen LogP contribution in [0.3, 0.4) is 0 Å². The molecule has 1 N–H and O–H groups in total. The van der Waals surface area contributed by atoms with Crippen molar-refractivity contribution in [2.75, 3.05) is 6.61 Å². The van der Waals surface area contributed by atoms with Crippen molar-refractivity contribution in [3.63, 3.8) is 0 Å². The van der Waals surface area contributed by atoms with Gasteiger partial charge < -0.3 is 9.67 Å². The van der Waals surface area contributed by atoms with Gasteiger partial charge in [-0.3, -0.25) is 0 Å². The van der Waals surface area contributed by atoms with Gasteiger partial charge in [0.2, 0.25) is 0 Å². The van der Waals surface area contributed by atoms with Crippen LogP contribution >= 0.6 is 0 Å². The number of imidazole rings is 1. The van der Waals surface area contributed by atoms with Crippen LogP contribution in [-0.2, 0) is 6.54 Å². The van der Waals surface area contributed by atoms with Crippen molar-refractivity contribution in [3.8, 4) is 0 Å². The van der Waals surface area contributed by atoms with Gasteiger partial charge in [-0.05, 0) is 23.6 Å². The number of hydrogen-bond acceptors (Lipinski definition) is 2. The number of nitrogens with zero attached hydrogens (tertiary/aromatic N) is 2. The average molecular weight is 228 g/mol. The van der Waals surface area contributed by atoms with Gasteiger partial charge in [-0.25, -0.2) is 4.98 Å². The van der Waals surface area contributed by atoms with Crippen molar-refractivity contribution in [3.05, 3.63) is 60.2 Å². The lowest BCUT2D eigenvalue weighted by Gasteiger charge is -2.05. The summed E-state index contributed by atoms with van der Waals surface area (Å²) in [6.45, 7) is 2.92. The molecule has 0 amide bonds. The van der Waals surface area contributed by atoms with E-state index in [4.69, 9.17) is 5.11 Å². The maximum absolute atomic E-state index is 8.84. The highest BCUT2D eigenvalue weighted by Gasteiger charge is 1.97. The number of rotatable bonds is 4. The Kier molecular flexibility index (Phi) is 3.73. The van der Waals surface area contributed by atoms with E-state index in [0.717, 1.165) is 17.7 Å². The zero-order chi connectivity index (χ0) is 12.1. The second-order valence-corrected chi connectivity index (χ2v) is 4.00. The highest BCUT2D eigenvalue weighted by Crippen LogP contribution is 2.14. The number of benzene rings is 1. The topological polar surface area (TPSA) is 38.0 Å². The highest BCUT2D eigenvalue weighted by atomic mass is 16.2.